The van der Waals surface area contributed by atoms with Gasteiger partial charge >= 0.3 is 5.97 Å². The highest BCUT2D eigenvalue weighted by Crippen LogP contribution is 2.20. The van der Waals surface area contributed by atoms with Gasteiger partial charge in [-0.05, 0) is 36.2 Å². The Morgan fingerprint density at radius 2 is 1.96 bits per heavy atom. The summed E-state index contributed by atoms with van der Waals surface area (Å²) in [6.07, 6.45) is -0.226. The lowest BCUT2D eigenvalue weighted by atomic mass is 10.1. The number of amides is 1. The Balaban J connectivity index is 1.85. The molecule has 0 aliphatic heterocycles. The van der Waals surface area contributed by atoms with Crippen molar-refractivity contribution in [1.29, 1.82) is 0 Å². The number of carbonyl (C=O) groups excluding carboxylic acids is 2. The van der Waals surface area contributed by atoms with Crippen LogP contribution >= 0.6 is 11.6 Å². The third-order valence-electron chi connectivity index (χ3n) is 3.13. The van der Waals surface area contributed by atoms with E-state index in [2.05, 4.69) is 5.32 Å². The topological polar surface area (TPSA) is 55.4 Å². The molecule has 0 fully saturated rings. The fraction of sp³-hybridized carbons (Fsp3) is 0.176. The third-order valence-corrected chi connectivity index (χ3v) is 3.37. The number of anilines is 1. The first-order valence-corrected chi connectivity index (χ1v) is 7.28. The summed E-state index contributed by atoms with van der Waals surface area (Å²) in [5, 5.41) is 3.10. The third kappa shape index (κ3) is 5.07. The van der Waals surface area contributed by atoms with Crippen molar-refractivity contribution in [2.45, 2.75) is 13.3 Å². The minimum atomic E-state index is -0.673. The zero-order valence-corrected chi connectivity index (χ0v) is 13.2. The van der Waals surface area contributed by atoms with Crippen molar-refractivity contribution < 1.29 is 18.7 Å². The lowest BCUT2D eigenvalue weighted by molar-refractivity contribution is -0.146. The Morgan fingerprint density at radius 1 is 1.22 bits per heavy atom. The maximum atomic E-state index is 13.4. The first-order valence-electron chi connectivity index (χ1n) is 6.91. The minimum absolute atomic E-state index is 0.226. The second-order valence-corrected chi connectivity index (χ2v) is 5.37. The maximum Gasteiger partial charge on any atom is 0.310 e. The first-order chi connectivity index (χ1) is 11.0. The largest absolute Gasteiger partial charge is 0.455 e. The van der Waals surface area contributed by atoms with Crippen LogP contribution in [0, 0.1) is 12.7 Å². The van der Waals surface area contributed by atoms with Crippen LogP contribution in [0.5, 0.6) is 0 Å². The lowest BCUT2D eigenvalue weighted by Crippen LogP contribution is -2.22. The predicted molar refractivity (Wildman–Crippen MR) is 85.9 cm³/mol. The smallest absolute Gasteiger partial charge is 0.310 e. The van der Waals surface area contributed by atoms with Crippen LogP contribution in [0.2, 0.25) is 5.02 Å². The van der Waals surface area contributed by atoms with Crippen molar-refractivity contribution in [3.63, 3.8) is 0 Å². The van der Waals surface area contributed by atoms with Crippen LogP contribution in [0.3, 0.4) is 0 Å². The van der Waals surface area contributed by atoms with E-state index in [9.17, 15) is 14.0 Å². The fourth-order valence-corrected chi connectivity index (χ4v) is 2.08. The number of benzene rings is 2. The van der Waals surface area contributed by atoms with E-state index < -0.39 is 24.3 Å². The maximum absolute atomic E-state index is 13.4. The number of hydrogen-bond acceptors (Lipinski definition) is 3. The summed E-state index contributed by atoms with van der Waals surface area (Å²) in [6, 6.07) is 11.0. The van der Waals surface area contributed by atoms with Gasteiger partial charge in [0.05, 0.1) is 6.42 Å². The van der Waals surface area contributed by atoms with E-state index >= 15 is 0 Å². The average molecular weight is 336 g/mol. The van der Waals surface area contributed by atoms with E-state index in [1.807, 2.05) is 6.92 Å². The zero-order valence-electron chi connectivity index (χ0n) is 12.4. The summed E-state index contributed by atoms with van der Waals surface area (Å²) in [7, 11) is 0. The van der Waals surface area contributed by atoms with Gasteiger partial charge in [-0.1, -0.05) is 35.9 Å². The molecule has 1 amide bonds. The van der Waals surface area contributed by atoms with E-state index in [0.29, 0.717) is 10.7 Å². The summed E-state index contributed by atoms with van der Waals surface area (Å²) in [4.78, 5) is 23.4. The summed E-state index contributed by atoms with van der Waals surface area (Å²) >= 11 is 5.86. The highest BCUT2D eigenvalue weighted by molar-refractivity contribution is 6.31. The number of hydrogen-bond donors (Lipinski definition) is 1. The molecule has 1 N–H and O–H groups in total. The van der Waals surface area contributed by atoms with Crippen LogP contribution in [-0.4, -0.2) is 18.5 Å². The van der Waals surface area contributed by atoms with Crippen molar-refractivity contribution in [2.24, 2.45) is 0 Å². The van der Waals surface area contributed by atoms with Crippen LogP contribution in [0.4, 0.5) is 10.1 Å². The second-order valence-electron chi connectivity index (χ2n) is 4.94. The second kappa shape index (κ2) is 7.74. The molecule has 23 heavy (non-hydrogen) atoms. The van der Waals surface area contributed by atoms with Gasteiger partial charge in [0, 0.05) is 10.7 Å². The number of ether oxygens (including phenoxy) is 1. The normalized spacial score (nSPS) is 10.2. The Kier molecular flexibility index (Phi) is 5.71. The Morgan fingerprint density at radius 3 is 2.70 bits per heavy atom. The van der Waals surface area contributed by atoms with Crippen LogP contribution in [0.25, 0.3) is 0 Å². The standard InChI is InChI=1S/C17H15ClFNO3/c1-11-6-7-13(18)9-15(11)20-16(21)10-23-17(22)8-12-4-2-3-5-14(12)19/h2-7,9H,8,10H2,1H3,(H,20,21). The Hall–Kier alpha value is -2.40. The molecule has 0 saturated carbocycles. The quantitative estimate of drug-likeness (QED) is 0.851. The van der Waals surface area contributed by atoms with Crippen LogP contribution < -0.4 is 5.32 Å². The van der Waals surface area contributed by atoms with Gasteiger partial charge in [-0.3, -0.25) is 9.59 Å². The van der Waals surface area contributed by atoms with Gasteiger partial charge in [-0.2, -0.15) is 0 Å². The number of halogens is 2. The first kappa shape index (κ1) is 17.0. The van der Waals surface area contributed by atoms with Crippen LogP contribution in [-0.2, 0) is 20.7 Å². The molecule has 0 aliphatic carbocycles. The summed E-state index contributed by atoms with van der Waals surface area (Å²) < 4.78 is 18.3. The number of aryl methyl sites for hydroxylation is 1. The van der Waals surface area contributed by atoms with E-state index in [-0.39, 0.29) is 12.0 Å². The molecule has 0 bridgehead atoms. The number of nitrogens with one attached hydrogen (secondary N) is 1. The Labute approximate surface area is 138 Å². The fourth-order valence-electron chi connectivity index (χ4n) is 1.91. The highest BCUT2D eigenvalue weighted by atomic mass is 35.5. The van der Waals surface area contributed by atoms with Gasteiger partial charge in [0.2, 0.25) is 0 Å². The van der Waals surface area contributed by atoms with Crippen molar-refractivity contribution in [3.8, 4) is 0 Å². The van der Waals surface area contributed by atoms with E-state index in [1.54, 1.807) is 24.3 Å². The van der Waals surface area contributed by atoms with Gasteiger partial charge in [-0.25, -0.2) is 4.39 Å². The van der Waals surface area contributed by atoms with Gasteiger partial charge in [0.25, 0.3) is 5.91 Å². The molecule has 0 unspecified atom stereocenters. The molecule has 6 heteroatoms. The molecule has 4 nitrogen and oxygen atoms in total. The molecular weight excluding hydrogens is 321 g/mol. The molecule has 0 aromatic heterocycles. The molecule has 0 saturated heterocycles. The molecule has 2 rings (SSSR count). The minimum Gasteiger partial charge on any atom is -0.455 e. The monoisotopic (exact) mass is 335 g/mol. The highest BCUT2D eigenvalue weighted by Gasteiger charge is 2.12. The lowest BCUT2D eigenvalue weighted by Gasteiger charge is -2.09. The molecular formula is C17H15ClFNO3. The molecule has 0 radical (unpaired) electrons. The van der Waals surface area contributed by atoms with Crippen molar-refractivity contribution in [2.75, 3.05) is 11.9 Å². The Bertz CT molecular complexity index is 734. The van der Waals surface area contributed by atoms with Crippen molar-refractivity contribution in [1.82, 2.24) is 0 Å². The van der Waals surface area contributed by atoms with E-state index in [1.165, 1.54) is 18.2 Å². The van der Waals surface area contributed by atoms with E-state index in [4.69, 9.17) is 16.3 Å². The molecule has 0 heterocycles. The van der Waals surface area contributed by atoms with Crippen molar-refractivity contribution in [3.05, 3.63) is 64.4 Å². The summed E-state index contributed by atoms with van der Waals surface area (Å²) in [6.45, 7) is 1.37. The summed E-state index contributed by atoms with van der Waals surface area (Å²) in [5.74, 6) is -1.64. The molecule has 0 atom stereocenters. The number of rotatable bonds is 5. The van der Waals surface area contributed by atoms with Crippen LogP contribution in [0.15, 0.2) is 42.5 Å². The SMILES string of the molecule is Cc1ccc(Cl)cc1NC(=O)COC(=O)Cc1ccccc1F. The predicted octanol–water partition coefficient (Wildman–Crippen LogP) is 3.51. The van der Waals surface area contributed by atoms with Gasteiger partial charge in [-0.15, -0.1) is 0 Å². The van der Waals surface area contributed by atoms with Crippen molar-refractivity contribution >= 4 is 29.2 Å². The molecule has 2 aromatic rings. The van der Waals surface area contributed by atoms with Gasteiger partial charge in [0.15, 0.2) is 6.61 Å². The van der Waals surface area contributed by atoms with Gasteiger partial charge < -0.3 is 10.1 Å². The molecule has 120 valence electrons. The zero-order chi connectivity index (χ0) is 16.8. The molecule has 2 aromatic carbocycles. The number of esters is 1. The molecule has 0 spiro atoms. The average Bonchev–Trinajstić information content (AvgIpc) is 2.51. The van der Waals surface area contributed by atoms with Gasteiger partial charge in [0.1, 0.15) is 5.82 Å². The number of carbonyl (C=O) groups is 2. The van der Waals surface area contributed by atoms with Crippen LogP contribution in [0.1, 0.15) is 11.1 Å². The molecule has 0 aliphatic rings. The summed E-state index contributed by atoms with van der Waals surface area (Å²) in [5.41, 5.74) is 1.61. The van der Waals surface area contributed by atoms with E-state index in [0.717, 1.165) is 5.56 Å².